The van der Waals surface area contributed by atoms with Crippen molar-refractivity contribution in [2.24, 2.45) is 0 Å². The quantitative estimate of drug-likeness (QED) is 0.339. The van der Waals surface area contributed by atoms with Crippen molar-refractivity contribution in [1.29, 1.82) is 0 Å². The molecule has 3 aromatic rings. The highest BCUT2D eigenvalue weighted by Crippen LogP contribution is 2.34. The molecule has 0 saturated carbocycles. The van der Waals surface area contributed by atoms with Gasteiger partial charge in [0.2, 0.25) is 5.91 Å². The van der Waals surface area contributed by atoms with E-state index in [0.29, 0.717) is 32.7 Å². The standard InChI is InChI=1S/C35H41N3O4/c1-25(39)38-23-29-21-32(34(33(24-38)36-29)35(40)37(2)19-18-26-9-5-4-6-10-26)28-16-14-27(15-17-28)11-8-20-42-31-13-7-12-30(22-31)41-3/h4-7,9-10,12-17,22,29,33,36H,8,11,18-21,23-24H2,1-3H3/t29?,33-/m1/s1. The first kappa shape index (κ1) is 29.4. The molecule has 7 nitrogen and oxygen atoms in total. The van der Waals surface area contributed by atoms with E-state index < -0.39 is 0 Å². The van der Waals surface area contributed by atoms with Gasteiger partial charge < -0.3 is 24.6 Å². The number of carbonyl (C=O) groups excluding carboxylic acids is 2. The summed E-state index contributed by atoms with van der Waals surface area (Å²) in [4.78, 5) is 30.0. The summed E-state index contributed by atoms with van der Waals surface area (Å²) in [6.07, 6.45) is 3.30. The fourth-order valence-corrected chi connectivity index (χ4v) is 5.90. The third-order valence-corrected chi connectivity index (χ3v) is 8.23. The van der Waals surface area contributed by atoms with Gasteiger partial charge in [-0.2, -0.15) is 0 Å². The Morgan fingerprint density at radius 2 is 1.67 bits per heavy atom. The first-order valence-corrected chi connectivity index (χ1v) is 14.8. The highest BCUT2D eigenvalue weighted by molar-refractivity contribution is 6.03. The molecule has 2 heterocycles. The van der Waals surface area contributed by atoms with E-state index in [-0.39, 0.29) is 23.9 Å². The van der Waals surface area contributed by atoms with Crippen LogP contribution in [0.25, 0.3) is 5.57 Å². The number of carbonyl (C=O) groups is 2. The number of amides is 2. The van der Waals surface area contributed by atoms with Crippen molar-refractivity contribution in [3.8, 4) is 11.5 Å². The third kappa shape index (κ3) is 7.21. The van der Waals surface area contributed by atoms with Crippen molar-refractivity contribution in [3.63, 3.8) is 0 Å². The zero-order valence-corrected chi connectivity index (χ0v) is 24.8. The SMILES string of the molecule is COc1cccc(OCCCc2ccc(C3=C(C(=O)N(C)CCc4ccccc4)[C@H]4CN(C(C)=O)CC(C3)N4)cc2)c1. The molecule has 220 valence electrons. The van der Waals surface area contributed by atoms with E-state index in [1.807, 2.05) is 59.3 Å². The Balaban J connectivity index is 1.29. The molecule has 1 saturated heterocycles. The Morgan fingerprint density at radius 1 is 0.929 bits per heavy atom. The van der Waals surface area contributed by atoms with Crippen LogP contribution in [0.3, 0.4) is 0 Å². The summed E-state index contributed by atoms with van der Waals surface area (Å²) in [5.74, 6) is 1.68. The summed E-state index contributed by atoms with van der Waals surface area (Å²) >= 11 is 0. The van der Waals surface area contributed by atoms with Gasteiger partial charge in [-0.25, -0.2) is 0 Å². The molecule has 2 atom stereocenters. The summed E-state index contributed by atoms with van der Waals surface area (Å²) in [6, 6.07) is 26.5. The molecular weight excluding hydrogens is 526 g/mol. The van der Waals surface area contributed by atoms with Crippen LogP contribution in [-0.4, -0.2) is 74.1 Å². The zero-order valence-electron chi connectivity index (χ0n) is 24.8. The fourth-order valence-electron chi connectivity index (χ4n) is 5.90. The first-order chi connectivity index (χ1) is 20.4. The van der Waals surface area contributed by atoms with Gasteiger partial charge >= 0.3 is 0 Å². The predicted octanol–water partition coefficient (Wildman–Crippen LogP) is 4.75. The molecule has 5 rings (SSSR count). The van der Waals surface area contributed by atoms with Crippen molar-refractivity contribution in [3.05, 3.63) is 101 Å². The Morgan fingerprint density at radius 3 is 2.40 bits per heavy atom. The number of rotatable bonds is 11. The molecule has 3 aromatic carbocycles. The average Bonchev–Trinajstić information content (AvgIpc) is 3.02. The number of ether oxygens (including phenoxy) is 2. The van der Waals surface area contributed by atoms with Gasteiger partial charge in [0.1, 0.15) is 11.5 Å². The second-order valence-electron chi connectivity index (χ2n) is 11.2. The van der Waals surface area contributed by atoms with Crippen LogP contribution in [0.15, 0.2) is 84.4 Å². The Labute approximate surface area is 249 Å². The summed E-state index contributed by atoms with van der Waals surface area (Å²) in [5, 5.41) is 3.64. The zero-order chi connectivity index (χ0) is 29.5. The summed E-state index contributed by atoms with van der Waals surface area (Å²) in [5.41, 5.74) is 5.40. The minimum atomic E-state index is -0.184. The van der Waals surface area contributed by atoms with Crippen LogP contribution in [0.2, 0.25) is 0 Å². The normalized spacial score (nSPS) is 18.0. The molecule has 1 fully saturated rings. The highest BCUT2D eigenvalue weighted by Gasteiger charge is 2.39. The van der Waals surface area contributed by atoms with Gasteiger partial charge in [-0.05, 0) is 60.1 Å². The van der Waals surface area contributed by atoms with Gasteiger partial charge in [-0.15, -0.1) is 0 Å². The molecule has 0 radical (unpaired) electrons. The van der Waals surface area contributed by atoms with E-state index in [4.69, 9.17) is 9.47 Å². The van der Waals surface area contributed by atoms with E-state index >= 15 is 0 Å². The topological polar surface area (TPSA) is 71.1 Å². The Kier molecular flexibility index (Phi) is 9.59. The molecule has 2 bridgehead atoms. The number of hydrogen-bond donors (Lipinski definition) is 1. The molecule has 42 heavy (non-hydrogen) atoms. The number of methoxy groups -OCH3 is 1. The lowest BCUT2D eigenvalue weighted by molar-refractivity contribution is -0.132. The van der Waals surface area contributed by atoms with Gasteiger partial charge in [-0.1, -0.05) is 60.7 Å². The molecule has 0 aromatic heterocycles. The summed E-state index contributed by atoms with van der Waals surface area (Å²) < 4.78 is 11.2. The van der Waals surface area contributed by atoms with Gasteiger partial charge in [0, 0.05) is 51.3 Å². The molecule has 0 spiro atoms. The number of benzene rings is 3. The average molecular weight is 568 g/mol. The van der Waals surface area contributed by atoms with Crippen LogP contribution < -0.4 is 14.8 Å². The van der Waals surface area contributed by atoms with Crippen molar-refractivity contribution >= 4 is 17.4 Å². The van der Waals surface area contributed by atoms with Crippen molar-refractivity contribution in [2.75, 3.05) is 40.4 Å². The van der Waals surface area contributed by atoms with E-state index in [1.54, 1.807) is 14.0 Å². The minimum Gasteiger partial charge on any atom is -0.497 e. The largest absolute Gasteiger partial charge is 0.497 e. The first-order valence-electron chi connectivity index (χ1n) is 14.8. The fraction of sp³-hybridized carbons (Fsp3) is 0.371. The smallest absolute Gasteiger partial charge is 0.251 e. The lowest BCUT2D eigenvalue weighted by atomic mass is 9.82. The predicted molar refractivity (Wildman–Crippen MR) is 166 cm³/mol. The molecular formula is C35H41N3O4. The Bertz CT molecular complexity index is 1400. The van der Waals surface area contributed by atoms with Crippen LogP contribution in [0, 0.1) is 0 Å². The Hall–Kier alpha value is -4.10. The van der Waals surface area contributed by atoms with E-state index in [1.165, 1.54) is 11.1 Å². The van der Waals surface area contributed by atoms with Crippen LogP contribution >= 0.6 is 0 Å². The molecule has 1 unspecified atom stereocenters. The van der Waals surface area contributed by atoms with Gasteiger partial charge in [0.05, 0.1) is 19.8 Å². The van der Waals surface area contributed by atoms with E-state index in [0.717, 1.165) is 47.5 Å². The van der Waals surface area contributed by atoms with Gasteiger partial charge in [0.15, 0.2) is 0 Å². The number of nitrogens with one attached hydrogen (secondary N) is 1. The number of nitrogens with zero attached hydrogens (tertiary/aromatic N) is 2. The number of likely N-dealkylation sites (N-methyl/N-ethyl adjacent to an activating group) is 1. The molecule has 1 N–H and O–H groups in total. The molecule has 2 amide bonds. The van der Waals surface area contributed by atoms with Crippen molar-refractivity contribution in [1.82, 2.24) is 15.1 Å². The lowest BCUT2D eigenvalue weighted by Crippen LogP contribution is -2.61. The summed E-state index contributed by atoms with van der Waals surface area (Å²) in [6.45, 7) is 4.03. The van der Waals surface area contributed by atoms with E-state index in [9.17, 15) is 9.59 Å². The third-order valence-electron chi connectivity index (χ3n) is 8.23. The number of piperazine rings is 1. The maximum Gasteiger partial charge on any atom is 0.251 e. The van der Waals surface area contributed by atoms with Gasteiger partial charge in [-0.3, -0.25) is 9.59 Å². The maximum absolute atomic E-state index is 14.0. The minimum absolute atomic E-state index is 0.0288. The van der Waals surface area contributed by atoms with Crippen molar-refractivity contribution in [2.45, 2.75) is 44.7 Å². The molecule has 0 aliphatic carbocycles. The number of hydrogen-bond acceptors (Lipinski definition) is 5. The van der Waals surface area contributed by atoms with E-state index in [2.05, 4.69) is 41.7 Å². The monoisotopic (exact) mass is 567 g/mol. The molecule has 7 heteroatoms. The number of aryl methyl sites for hydroxylation is 1. The lowest BCUT2D eigenvalue weighted by Gasteiger charge is -2.44. The second kappa shape index (κ2) is 13.7. The summed E-state index contributed by atoms with van der Waals surface area (Å²) in [7, 11) is 3.53. The van der Waals surface area contributed by atoms with Crippen LogP contribution in [-0.2, 0) is 22.4 Å². The molecule has 2 aliphatic rings. The highest BCUT2D eigenvalue weighted by atomic mass is 16.5. The second-order valence-corrected chi connectivity index (χ2v) is 11.2. The van der Waals surface area contributed by atoms with Crippen molar-refractivity contribution < 1.29 is 19.1 Å². The van der Waals surface area contributed by atoms with Crippen LogP contribution in [0.5, 0.6) is 11.5 Å². The van der Waals surface area contributed by atoms with Crippen LogP contribution in [0.4, 0.5) is 0 Å². The van der Waals surface area contributed by atoms with Gasteiger partial charge in [0.25, 0.3) is 5.91 Å². The number of fused-ring (bicyclic) bond motifs is 2. The van der Waals surface area contributed by atoms with Crippen LogP contribution in [0.1, 0.15) is 36.5 Å². The molecule has 2 aliphatic heterocycles. The maximum atomic E-state index is 14.0.